The number of benzene rings is 4. The van der Waals surface area contributed by atoms with Crippen LogP contribution in [0.1, 0.15) is 25.1 Å². The van der Waals surface area contributed by atoms with Crippen molar-refractivity contribution in [3.8, 4) is 39.8 Å². The number of para-hydroxylation sites is 2. The van der Waals surface area contributed by atoms with Gasteiger partial charge < -0.3 is 19.3 Å². The van der Waals surface area contributed by atoms with Crippen LogP contribution in [0.5, 0.6) is 17.2 Å². The number of ether oxygens (including phenoxy) is 2. The lowest BCUT2D eigenvalue weighted by molar-refractivity contribution is 0.0586. The van der Waals surface area contributed by atoms with E-state index in [2.05, 4.69) is 35.3 Å². The zero-order valence-corrected chi connectivity index (χ0v) is 28.8. The van der Waals surface area contributed by atoms with Gasteiger partial charge in [-0.1, -0.05) is 18.6 Å². The maximum atomic E-state index is 6.07. The molecular weight excluding hydrogens is 654 g/mol. The molecule has 9 rings (SSSR count). The summed E-state index contributed by atoms with van der Waals surface area (Å²) < 4.78 is 13.1. The number of imidazole rings is 2. The Hall–Kier alpha value is -6.24. The average Bonchev–Trinajstić information content (AvgIpc) is 4.02. The normalized spacial score (nSPS) is 14.7. The molecule has 1 aliphatic heterocycles. The van der Waals surface area contributed by atoms with Crippen LogP contribution in [0.3, 0.4) is 0 Å². The summed E-state index contributed by atoms with van der Waals surface area (Å²) in [6.07, 6.45) is 8.85. The summed E-state index contributed by atoms with van der Waals surface area (Å²) in [5, 5.41) is 13.9. The fraction of sp³-hybridized carbons (Fsp3) is 0.200. The van der Waals surface area contributed by atoms with Crippen LogP contribution in [-0.4, -0.2) is 71.3 Å². The molecule has 0 spiro atoms. The zero-order valence-electron chi connectivity index (χ0n) is 28.8. The van der Waals surface area contributed by atoms with Gasteiger partial charge in [-0.2, -0.15) is 14.9 Å². The summed E-state index contributed by atoms with van der Waals surface area (Å²) in [5.41, 5.74) is 7.90. The quantitative estimate of drug-likeness (QED) is 0.131. The highest BCUT2D eigenvalue weighted by atomic mass is 16.7. The lowest BCUT2D eigenvalue weighted by Gasteiger charge is -2.34. The number of aromatic amines is 3. The number of methoxy groups -OCH3 is 1. The predicted molar refractivity (Wildman–Crippen MR) is 200 cm³/mol. The van der Waals surface area contributed by atoms with Gasteiger partial charge in [0.25, 0.3) is 0 Å². The van der Waals surface area contributed by atoms with Crippen molar-refractivity contribution >= 4 is 22.1 Å². The number of fused-ring (bicyclic) bond motifs is 2. The van der Waals surface area contributed by atoms with E-state index in [0.717, 1.165) is 87.4 Å². The Balaban J connectivity index is 0.000000160. The Kier molecular flexibility index (Phi) is 9.71. The minimum Gasteiger partial charge on any atom is -0.457 e. The topological polar surface area (TPSA) is 135 Å². The number of hydrogen-bond acceptors (Lipinski definition) is 8. The van der Waals surface area contributed by atoms with Gasteiger partial charge in [-0.05, 0) is 115 Å². The van der Waals surface area contributed by atoms with Gasteiger partial charge in [0.2, 0.25) is 0 Å². The van der Waals surface area contributed by atoms with Crippen LogP contribution in [0.15, 0.2) is 122 Å². The van der Waals surface area contributed by atoms with Gasteiger partial charge in [-0.3, -0.25) is 15.1 Å². The molecule has 1 atom stereocenters. The molecule has 12 heteroatoms. The van der Waals surface area contributed by atoms with Crippen LogP contribution < -0.4 is 9.57 Å². The van der Waals surface area contributed by atoms with Crippen molar-refractivity contribution < 1.29 is 14.3 Å². The number of aromatic nitrogens is 8. The Labute approximate surface area is 300 Å². The van der Waals surface area contributed by atoms with Crippen molar-refractivity contribution in [3.63, 3.8) is 0 Å². The average molecular weight is 694 g/mol. The summed E-state index contributed by atoms with van der Waals surface area (Å²) in [6, 6.07) is 34.0. The van der Waals surface area contributed by atoms with Gasteiger partial charge in [0.15, 0.2) is 5.75 Å². The van der Waals surface area contributed by atoms with Gasteiger partial charge >= 0.3 is 0 Å². The number of hydrogen-bond donors (Lipinski definition) is 3. The number of rotatable bonds is 10. The molecule has 4 aromatic heterocycles. The first-order chi connectivity index (χ1) is 25.7. The van der Waals surface area contributed by atoms with E-state index in [-0.39, 0.29) is 0 Å². The highest BCUT2D eigenvalue weighted by Crippen LogP contribution is 2.28. The Bertz CT molecular complexity index is 2310. The van der Waals surface area contributed by atoms with Gasteiger partial charge in [-0.15, -0.1) is 0 Å². The Morgan fingerprint density at radius 3 is 2.17 bits per heavy atom. The third kappa shape index (κ3) is 7.58. The van der Waals surface area contributed by atoms with E-state index in [1.165, 1.54) is 19.3 Å². The van der Waals surface area contributed by atoms with Crippen molar-refractivity contribution in [2.24, 2.45) is 0 Å². The molecule has 1 unspecified atom stereocenters. The van der Waals surface area contributed by atoms with E-state index in [4.69, 9.17) is 19.3 Å². The molecule has 0 radical (unpaired) electrons. The van der Waals surface area contributed by atoms with E-state index < -0.39 is 0 Å². The summed E-state index contributed by atoms with van der Waals surface area (Å²) >= 11 is 0. The second-order valence-electron chi connectivity index (χ2n) is 12.7. The molecule has 4 aromatic carbocycles. The molecule has 262 valence electrons. The highest BCUT2D eigenvalue weighted by Gasteiger charge is 2.23. The molecule has 0 aliphatic carbocycles. The highest BCUT2D eigenvalue weighted by molar-refractivity contribution is 5.77. The standard InChI is InChI=1S/C24H27N5O2.C16H12N4O/c1-30-16-18-4-2-3-13-29(18)15-24-26-22-10-9-20(14-23(22)27-24)31-19-7-5-17(6-8-19)21-11-12-25-28-21;1-2-4-16-15(3-1)17-11-20(16)21-13-7-5-12(6-8-13)14-9-10-18-19-14/h5-12,14,18H,2-4,13,15-16H2,1H3,(H,25,28)(H,26,27);1-11H,(H,18,19). The van der Waals surface area contributed by atoms with Crippen LogP contribution in [0.25, 0.3) is 44.6 Å². The molecule has 0 amide bonds. The molecule has 12 nitrogen and oxygen atoms in total. The smallest absolute Gasteiger partial charge is 0.155 e. The van der Waals surface area contributed by atoms with E-state index in [9.17, 15) is 0 Å². The molecule has 3 N–H and O–H groups in total. The molecule has 1 fully saturated rings. The number of likely N-dealkylation sites (tertiary alicyclic amines) is 1. The first-order valence-corrected chi connectivity index (χ1v) is 17.4. The third-order valence-corrected chi connectivity index (χ3v) is 9.16. The van der Waals surface area contributed by atoms with Crippen LogP contribution in [0.4, 0.5) is 0 Å². The van der Waals surface area contributed by atoms with E-state index in [0.29, 0.717) is 6.04 Å². The van der Waals surface area contributed by atoms with Crippen LogP contribution in [-0.2, 0) is 11.3 Å². The molecule has 0 bridgehead atoms. The first kappa shape index (κ1) is 32.9. The number of piperidine rings is 1. The van der Waals surface area contributed by atoms with Crippen molar-refractivity contribution in [2.75, 3.05) is 20.3 Å². The minimum absolute atomic E-state index is 0.468. The van der Waals surface area contributed by atoms with E-state index >= 15 is 0 Å². The van der Waals surface area contributed by atoms with Gasteiger partial charge in [0, 0.05) is 31.6 Å². The molecule has 1 saturated heterocycles. The maximum absolute atomic E-state index is 6.07. The second-order valence-corrected chi connectivity index (χ2v) is 12.7. The molecular formula is C40H39N9O3. The number of nitrogens with one attached hydrogen (secondary N) is 3. The van der Waals surface area contributed by atoms with E-state index in [1.54, 1.807) is 30.6 Å². The van der Waals surface area contributed by atoms with Gasteiger partial charge in [-0.25, -0.2) is 9.97 Å². The minimum atomic E-state index is 0.468. The Morgan fingerprint density at radius 1 is 0.750 bits per heavy atom. The maximum Gasteiger partial charge on any atom is 0.155 e. The van der Waals surface area contributed by atoms with E-state index in [1.807, 2.05) is 103 Å². The van der Waals surface area contributed by atoms with Crippen LogP contribution in [0.2, 0.25) is 0 Å². The van der Waals surface area contributed by atoms with Crippen molar-refractivity contribution in [2.45, 2.75) is 31.8 Å². The monoisotopic (exact) mass is 693 g/mol. The van der Waals surface area contributed by atoms with Crippen molar-refractivity contribution in [1.29, 1.82) is 0 Å². The predicted octanol–water partition coefficient (Wildman–Crippen LogP) is 8.01. The van der Waals surface area contributed by atoms with Crippen LogP contribution in [0, 0.1) is 0 Å². The summed E-state index contributed by atoms with van der Waals surface area (Å²) in [4.78, 5) is 20.9. The summed E-state index contributed by atoms with van der Waals surface area (Å²) in [6.45, 7) is 2.68. The largest absolute Gasteiger partial charge is 0.457 e. The number of nitrogens with zero attached hydrogens (tertiary/aromatic N) is 6. The summed E-state index contributed by atoms with van der Waals surface area (Å²) in [5.74, 6) is 3.31. The lowest BCUT2D eigenvalue weighted by Crippen LogP contribution is -2.41. The van der Waals surface area contributed by atoms with Crippen molar-refractivity contribution in [3.05, 3.63) is 128 Å². The zero-order chi connectivity index (χ0) is 35.1. The van der Waals surface area contributed by atoms with Crippen LogP contribution >= 0.6 is 0 Å². The molecule has 0 saturated carbocycles. The van der Waals surface area contributed by atoms with Gasteiger partial charge in [0.1, 0.15) is 29.2 Å². The first-order valence-electron chi connectivity index (χ1n) is 17.4. The number of H-pyrrole nitrogens is 3. The SMILES string of the molecule is COCC1CCCCN1Cc1nc2ccc(Oc3ccc(-c4ccn[nH]4)cc3)cc2[nH]1.c1ccc2c(c1)ncn2Oc1ccc(-c2ccn[nH]2)cc1. The fourth-order valence-corrected chi connectivity index (χ4v) is 6.51. The summed E-state index contributed by atoms with van der Waals surface area (Å²) in [7, 11) is 1.78. The third-order valence-electron chi connectivity index (χ3n) is 9.16. The molecule has 5 heterocycles. The molecule has 1 aliphatic rings. The molecule has 52 heavy (non-hydrogen) atoms. The second kappa shape index (κ2) is 15.3. The van der Waals surface area contributed by atoms with Gasteiger partial charge in [0.05, 0.1) is 41.1 Å². The fourth-order valence-electron chi connectivity index (χ4n) is 6.51. The Morgan fingerprint density at radius 2 is 1.46 bits per heavy atom. The van der Waals surface area contributed by atoms with Crippen molar-refractivity contribution in [1.82, 2.24) is 45.0 Å². The molecule has 8 aromatic rings. The lowest BCUT2D eigenvalue weighted by atomic mass is 10.0.